The minimum Gasteiger partial charge on any atom is -0.305 e. The molecule has 0 fully saturated rings. The normalized spacial score (nSPS) is 10.8. The van der Waals surface area contributed by atoms with Gasteiger partial charge in [0.05, 0.1) is 27.2 Å². The number of benzene rings is 1. The van der Waals surface area contributed by atoms with Crippen LogP contribution in [-0.2, 0) is 0 Å². The topological polar surface area (TPSA) is 37.8 Å². The Morgan fingerprint density at radius 3 is 3.00 bits per heavy atom. The highest BCUT2D eigenvalue weighted by Crippen LogP contribution is 2.12. The number of hydrogen-bond donors (Lipinski definition) is 1. The molecule has 1 heterocycles. The molecular weight excluding hydrogens is 227 g/mol. The Morgan fingerprint density at radius 2 is 2.25 bits per heavy atom. The maximum atomic E-state index is 12.7. The lowest BCUT2D eigenvalue weighted by atomic mass is 10.3. The Kier molecular flexibility index (Phi) is 1.54. The van der Waals surface area contributed by atoms with Gasteiger partial charge in [0.1, 0.15) is 5.82 Å². The van der Waals surface area contributed by atoms with Gasteiger partial charge in [-0.3, -0.25) is 0 Å². The Balaban J connectivity index is 2.98. The molecule has 62 valence electrons. The number of nitrogens with zero attached hydrogens (tertiary/aromatic N) is 1. The van der Waals surface area contributed by atoms with Crippen molar-refractivity contribution in [1.29, 1.82) is 0 Å². The molecule has 0 atom stereocenters. The van der Waals surface area contributed by atoms with Crippen LogP contribution in [0.15, 0.2) is 23.0 Å². The number of hydrogen-bond acceptors (Lipinski definition) is 1. The highest BCUT2D eigenvalue weighted by molar-refractivity contribution is 9.08. The van der Waals surface area contributed by atoms with Gasteiger partial charge in [-0.2, -0.15) is 0 Å². The summed E-state index contributed by atoms with van der Waals surface area (Å²) in [5.41, 5.74) is 0.800. The summed E-state index contributed by atoms with van der Waals surface area (Å²) in [4.78, 5) is 13.5. The third-order valence-electron chi connectivity index (χ3n) is 1.59. The van der Waals surface area contributed by atoms with E-state index < -0.39 is 0 Å². The minimum atomic E-state index is -0.366. The van der Waals surface area contributed by atoms with Crippen molar-refractivity contribution in [3.05, 3.63) is 34.5 Å². The van der Waals surface area contributed by atoms with E-state index in [2.05, 4.69) is 21.1 Å². The Bertz CT molecular complexity index is 488. The molecule has 0 aliphatic rings. The number of rotatable bonds is 0. The van der Waals surface area contributed by atoms with Gasteiger partial charge in [-0.05, 0) is 12.1 Å². The first-order valence-electron chi connectivity index (χ1n) is 3.25. The summed E-state index contributed by atoms with van der Waals surface area (Å²) < 4.78 is 13.9. The van der Waals surface area contributed by atoms with E-state index in [1.54, 1.807) is 0 Å². The van der Waals surface area contributed by atoms with Crippen molar-refractivity contribution in [2.75, 3.05) is 0 Å². The zero-order chi connectivity index (χ0) is 8.72. The maximum Gasteiger partial charge on any atom is 0.336 e. The van der Waals surface area contributed by atoms with E-state index in [1.165, 1.54) is 21.8 Å². The molecule has 1 aromatic carbocycles. The SMILES string of the molecule is O=c1[nH]c2ccc(F)cc2n1Br. The van der Waals surface area contributed by atoms with Gasteiger partial charge in [-0.15, -0.1) is 0 Å². The van der Waals surface area contributed by atoms with Crippen LogP contribution in [0.1, 0.15) is 0 Å². The first-order valence-corrected chi connectivity index (χ1v) is 3.96. The zero-order valence-electron chi connectivity index (χ0n) is 5.84. The van der Waals surface area contributed by atoms with E-state index in [1.807, 2.05) is 0 Å². The quantitative estimate of drug-likeness (QED) is 0.735. The molecule has 0 radical (unpaired) electrons. The van der Waals surface area contributed by atoms with Crippen LogP contribution in [0.2, 0.25) is 0 Å². The summed E-state index contributed by atoms with van der Waals surface area (Å²) in [5, 5.41) is 0. The average molecular weight is 231 g/mol. The highest BCUT2D eigenvalue weighted by Gasteiger charge is 2.03. The molecule has 2 aromatic rings. The van der Waals surface area contributed by atoms with Crippen LogP contribution in [0, 0.1) is 5.82 Å². The van der Waals surface area contributed by atoms with Gasteiger partial charge in [-0.25, -0.2) is 12.8 Å². The number of H-pyrrole nitrogens is 1. The lowest BCUT2D eigenvalue weighted by molar-refractivity contribution is 0.629. The number of aromatic amines is 1. The van der Waals surface area contributed by atoms with Gasteiger partial charge in [0.2, 0.25) is 0 Å². The summed E-state index contributed by atoms with van der Waals surface area (Å²) in [5.74, 6) is -0.366. The third-order valence-corrected chi connectivity index (χ3v) is 2.30. The van der Waals surface area contributed by atoms with Crippen LogP contribution in [0.3, 0.4) is 0 Å². The number of imidazole rings is 1. The number of aromatic nitrogens is 2. The first-order chi connectivity index (χ1) is 5.68. The molecular formula is C7H4BrFN2O. The molecule has 0 unspecified atom stereocenters. The maximum absolute atomic E-state index is 12.7. The predicted octanol–water partition coefficient (Wildman–Crippen LogP) is 1.63. The summed E-state index contributed by atoms with van der Waals surface area (Å²) in [6, 6.07) is 4.09. The minimum absolute atomic E-state index is 0.310. The molecule has 0 spiro atoms. The molecule has 0 saturated carbocycles. The van der Waals surface area contributed by atoms with Crippen molar-refractivity contribution >= 4 is 27.2 Å². The standard InChI is InChI=1S/C7H4BrFN2O/c8-11-6-3-4(9)1-2-5(6)10-7(11)12/h1-3H,(H,10,12). The van der Waals surface area contributed by atoms with Crippen LogP contribution < -0.4 is 5.69 Å². The van der Waals surface area contributed by atoms with Crippen molar-refractivity contribution in [3.8, 4) is 0 Å². The molecule has 0 bridgehead atoms. The Morgan fingerprint density at radius 1 is 1.50 bits per heavy atom. The molecule has 1 N–H and O–H groups in total. The highest BCUT2D eigenvalue weighted by atomic mass is 79.9. The second-order valence-corrected chi connectivity index (χ2v) is 3.08. The molecule has 1 aromatic heterocycles. The Labute approximate surface area is 75.2 Å². The summed E-state index contributed by atoms with van der Waals surface area (Å²) in [6.45, 7) is 0. The van der Waals surface area contributed by atoms with E-state index in [0.29, 0.717) is 11.0 Å². The van der Waals surface area contributed by atoms with E-state index in [0.717, 1.165) is 0 Å². The van der Waals surface area contributed by atoms with E-state index in [9.17, 15) is 9.18 Å². The predicted molar refractivity (Wildman–Crippen MR) is 46.8 cm³/mol. The van der Waals surface area contributed by atoms with Gasteiger partial charge in [0, 0.05) is 6.07 Å². The molecule has 12 heavy (non-hydrogen) atoms. The third kappa shape index (κ3) is 0.972. The van der Waals surface area contributed by atoms with Crippen LogP contribution in [0.5, 0.6) is 0 Å². The van der Waals surface area contributed by atoms with Crippen molar-refractivity contribution in [2.45, 2.75) is 0 Å². The molecule has 2 rings (SSSR count). The number of fused-ring (bicyclic) bond motifs is 1. The van der Waals surface area contributed by atoms with Gasteiger partial charge < -0.3 is 4.98 Å². The van der Waals surface area contributed by atoms with Crippen molar-refractivity contribution < 1.29 is 4.39 Å². The fraction of sp³-hybridized carbons (Fsp3) is 0. The van der Waals surface area contributed by atoms with E-state index in [-0.39, 0.29) is 11.5 Å². The largest absolute Gasteiger partial charge is 0.336 e. The second kappa shape index (κ2) is 2.45. The van der Waals surface area contributed by atoms with Crippen LogP contribution in [0.25, 0.3) is 11.0 Å². The molecule has 0 amide bonds. The van der Waals surface area contributed by atoms with Crippen LogP contribution in [0.4, 0.5) is 4.39 Å². The van der Waals surface area contributed by atoms with E-state index >= 15 is 0 Å². The summed E-state index contributed by atoms with van der Waals surface area (Å²) in [6.07, 6.45) is 0. The fourth-order valence-electron chi connectivity index (χ4n) is 1.05. The monoisotopic (exact) mass is 230 g/mol. The van der Waals surface area contributed by atoms with Gasteiger partial charge >= 0.3 is 5.69 Å². The average Bonchev–Trinajstić information content (AvgIpc) is 2.31. The number of nitrogens with one attached hydrogen (secondary N) is 1. The van der Waals surface area contributed by atoms with E-state index in [4.69, 9.17) is 0 Å². The van der Waals surface area contributed by atoms with Crippen LogP contribution >= 0.6 is 16.1 Å². The van der Waals surface area contributed by atoms with Crippen LogP contribution in [-0.4, -0.2) is 8.58 Å². The lowest BCUT2D eigenvalue weighted by Crippen LogP contribution is -2.06. The van der Waals surface area contributed by atoms with Gasteiger partial charge in [-0.1, -0.05) is 0 Å². The van der Waals surface area contributed by atoms with Crippen molar-refractivity contribution in [2.24, 2.45) is 0 Å². The lowest BCUT2D eigenvalue weighted by Gasteiger charge is -1.90. The second-order valence-electron chi connectivity index (χ2n) is 2.37. The zero-order valence-corrected chi connectivity index (χ0v) is 7.43. The summed E-state index contributed by atoms with van der Waals surface area (Å²) >= 11 is 2.99. The molecule has 3 nitrogen and oxygen atoms in total. The molecule has 0 saturated heterocycles. The van der Waals surface area contributed by atoms with Crippen molar-refractivity contribution in [3.63, 3.8) is 0 Å². The van der Waals surface area contributed by atoms with Crippen molar-refractivity contribution in [1.82, 2.24) is 8.58 Å². The van der Waals surface area contributed by atoms with Gasteiger partial charge in [0.25, 0.3) is 0 Å². The smallest absolute Gasteiger partial charge is 0.305 e. The molecule has 0 aliphatic heterocycles. The number of halogens is 2. The fourth-order valence-corrected chi connectivity index (χ4v) is 1.43. The molecule has 5 heteroatoms. The molecule has 0 aliphatic carbocycles. The Hall–Kier alpha value is -1.10. The summed E-state index contributed by atoms with van der Waals surface area (Å²) in [7, 11) is 0. The van der Waals surface area contributed by atoms with Gasteiger partial charge in [0.15, 0.2) is 0 Å². The first kappa shape index (κ1) is 7.54.